The predicted molar refractivity (Wildman–Crippen MR) is 111 cm³/mol. The Labute approximate surface area is 172 Å². The molecule has 6 nitrogen and oxygen atoms in total. The van der Waals surface area contributed by atoms with Gasteiger partial charge in [-0.25, -0.2) is 0 Å². The van der Waals surface area contributed by atoms with Crippen LogP contribution in [0.1, 0.15) is 47.2 Å². The quantitative estimate of drug-likeness (QED) is 0.791. The van der Waals surface area contributed by atoms with Crippen LogP contribution in [-0.4, -0.2) is 40.7 Å². The summed E-state index contributed by atoms with van der Waals surface area (Å²) in [4.78, 5) is 39.4. The van der Waals surface area contributed by atoms with Gasteiger partial charge >= 0.3 is 0 Å². The Morgan fingerprint density at radius 1 is 1.21 bits per heavy atom. The average molecular weight is 420 g/mol. The van der Waals surface area contributed by atoms with Gasteiger partial charge in [-0.1, -0.05) is 17.7 Å². The summed E-state index contributed by atoms with van der Waals surface area (Å²) in [6.45, 7) is 6.38. The first-order chi connectivity index (χ1) is 13.1. The van der Waals surface area contributed by atoms with E-state index in [0.717, 1.165) is 0 Å². The second-order valence-corrected chi connectivity index (χ2v) is 9.03. The molecule has 2 heterocycles. The summed E-state index contributed by atoms with van der Waals surface area (Å²) >= 11 is 7.49. The molecule has 3 amide bonds. The van der Waals surface area contributed by atoms with E-state index in [2.05, 4.69) is 10.6 Å². The number of carbonyl (C=O) groups excluding carboxylic acids is 3. The van der Waals surface area contributed by atoms with Gasteiger partial charge < -0.3 is 15.5 Å². The van der Waals surface area contributed by atoms with Crippen molar-refractivity contribution < 1.29 is 14.4 Å². The zero-order chi connectivity index (χ0) is 20.5. The maximum atomic E-state index is 12.6. The molecule has 1 fully saturated rings. The van der Waals surface area contributed by atoms with Gasteiger partial charge in [-0.05, 0) is 50.4 Å². The van der Waals surface area contributed by atoms with Gasteiger partial charge in [0.25, 0.3) is 11.8 Å². The number of benzene rings is 1. The van der Waals surface area contributed by atoms with E-state index in [4.69, 9.17) is 11.6 Å². The molecule has 1 aliphatic heterocycles. The van der Waals surface area contributed by atoms with Gasteiger partial charge in [0, 0.05) is 24.1 Å². The highest BCUT2D eigenvalue weighted by Crippen LogP contribution is 2.25. The number of rotatable bonds is 4. The van der Waals surface area contributed by atoms with E-state index in [0.29, 0.717) is 27.7 Å². The zero-order valence-corrected chi connectivity index (χ0v) is 17.5. The monoisotopic (exact) mass is 419 g/mol. The van der Waals surface area contributed by atoms with Crippen molar-refractivity contribution in [2.24, 2.45) is 0 Å². The number of carbonyl (C=O) groups is 3. The first-order valence-electron chi connectivity index (χ1n) is 8.91. The van der Waals surface area contributed by atoms with Crippen molar-refractivity contribution in [3.05, 3.63) is 51.2 Å². The third kappa shape index (κ3) is 4.54. The van der Waals surface area contributed by atoms with Gasteiger partial charge in [0.2, 0.25) is 5.91 Å². The number of hydrogen-bond donors (Lipinski definition) is 2. The van der Waals surface area contributed by atoms with Crippen LogP contribution in [0.25, 0.3) is 0 Å². The Kier molecular flexibility index (Phi) is 5.76. The number of likely N-dealkylation sites (tertiary alicyclic amines) is 1. The molecule has 1 aliphatic rings. The van der Waals surface area contributed by atoms with Crippen LogP contribution in [0.15, 0.2) is 35.7 Å². The van der Waals surface area contributed by atoms with Crippen molar-refractivity contribution >= 4 is 46.3 Å². The molecule has 1 atom stereocenters. The van der Waals surface area contributed by atoms with Crippen LogP contribution < -0.4 is 10.6 Å². The third-order valence-corrected chi connectivity index (χ3v) is 5.69. The van der Waals surface area contributed by atoms with Crippen molar-refractivity contribution in [3.63, 3.8) is 0 Å². The lowest BCUT2D eigenvalue weighted by Crippen LogP contribution is -2.44. The molecular weight excluding hydrogens is 398 g/mol. The molecule has 0 radical (unpaired) electrons. The number of anilines is 1. The molecule has 8 heteroatoms. The van der Waals surface area contributed by atoms with Crippen molar-refractivity contribution in [2.75, 3.05) is 11.9 Å². The Balaban J connectivity index is 1.69. The Morgan fingerprint density at radius 2 is 1.96 bits per heavy atom. The standard InChI is InChI=1S/C20H22ClN3O3S/c1-20(2,3)24-11-13(10-17(24)25)22-18(26)12-6-7-14(21)15(9-12)23-19(27)16-5-4-8-28-16/h4-9,13H,10-11H2,1-3H3,(H,22,26)(H,23,27). The van der Waals surface area contributed by atoms with E-state index in [1.54, 1.807) is 35.2 Å². The Hall–Kier alpha value is -2.38. The normalized spacial score (nSPS) is 16.9. The maximum Gasteiger partial charge on any atom is 0.265 e. The number of nitrogens with zero attached hydrogens (tertiary/aromatic N) is 1. The fraction of sp³-hybridized carbons (Fsp3) is 0.350. The number of nitrogens with one attached hydrogen (secondary N) is 2. The average Bonchev–Trinajstić information content (AvgIpc) is 3.26. The minimum Gasteiger partial charge on any atom is -0.347 e. The SMILES string of the molecule is CC(C)(C)N1CC(NC(=O)c2ccc(Cl)c(NC(=O)c3cccs3)c2)CC1=O. The summed E-state index contributed by atoms with van der Waals surface area (Å²) in [7, 11) is 0. The largest absolute Gasteiger partial charge is 0.347 e. The van der Waals surface area contributed by atoms with Crippen LogP contribution in [0.2, 0.25) is 5.02 Å². The summed E-state index contributed by atoms with van der Waals surface area (Å²) in [5, 5.41) is 7.79. The van der Waals surface area contributed by atoms with Crippen LogP contribution >= 0.6 is 22.9 Å². The Bertz CT molecular complexity index is 906. The lowest BCUT2D eigenvalue weighted by molar-refractivity contribution is -0.131. The molecule has 0 saturated carbocycles. The molecular formula is C20H22ClN3O3S. The van der Waals surface area contributed by atoms with E-state index in [1.165, 1.54) is 11.3 Å². The van der Waals surface area contributed by atoms with Crippen molar-refractivity contribution in [3.8, 4) is 0 Å². The molecule has 148 valence electrons. The number of amides is 3. The minimum atomic E-state index is -0.308. The molecule has 2 aromatic rings. The van der Waals surface area contributed by atoms with Gasteiger partial charge in [-0.15, -0.1) is 11.3 Å². The molecule has 0 aliphatic carbocycles. The summed E-state index contributed by atoms with van der Waals surface area (Å²) in [5.41, 5.74) is 0.454. The molecule has 3 rings (SSSR count). The lowest BCUT2D eigenvalue weighted by atomic mass is 10.1. The first kappa shape index (κ1) is 20.4. The molecule has 0 bridgehead atoms. The van der Waals surface area contributed by atoms with Crippen LogP contribution in [-0.2, 0) is 4.79 Å². The summed E-state index contributed by atoms with van der Waals surface area (Å²) < 4.78 is 0. The number of thiophene rings is 1. The van der Waals surface area contributed by atoms with E-state index in [9.17, 15) is 14.4 Å². The van der Waals surface area contributed by atoms with Crippen molar-refractivity contribution in [1.29, 1.82) is 0 Å². The highest BCUT2D eigenvalue weighted by Gasteiger charge is 2.36. The fourth-order valence-corrected chi connectivity index (χ4v) is 3.86. The molecule has 1 aromatic carbocycles. The second kappa shape index (κ2) is 7.93. The molecule has 0 spiro atoms. The third-order valence-electron chi connectivity index (χ3n) is 4.49. The van der Waals surface area contributed by atoms with Crippen LogP contribution in [0.5, 0.6) is 0 Å². The van der Waals surface area contributed by atoms with Crippen LogP contribution in [0, 0.1) is 0 Å². The van der Waals surface area contributed by atoms with E-state index >= 15 is 0 Å². The van der Waals surface area contributed by atoms with Gasteiger partial charge in [-0.2, -0.15) is 0 Å². The number of hydrogen-bond acceptors (Lipinski definition) is 4. The molecule has 2 N–H and O–H groups in total. The summed E-state index contributed by atoms with van der Waals surface area (Å²) in [6, 6.07) is 7.95. The van der Waals surface area contributed by atoms with Crippen molar-refractivity contribution in [1.82, 2.24) is 10.2 Å². The minimum absolute atomic E-state index is 0.0257. The van der Waals surface area contributed by atoms with Gasteiger partial charge in [0.05, 0.1) is 21.6 Å². The fourth-order valence-electron chi connectivity index (χ4n) is 3.08. The highest BCUT2D eigenvalue weighted by atomic mass is 35.5. The van der Waals surface area contributed by atoms with Crippen molar-refractivity contribution in [2.45, 2.75) is 38.8 Å². The smallest absolute Gasteiger partial charge is 0.265 e. The lowest BCUT2D eigenvalue weighted by Gasteiger charge is -2.32. The Morgan fingerprint density at radius 3 is 2.57 bits per heavy atom. The topological polar surface area (TPSA) is 78.5 Å². The van der Waals surface area contributed by atoms with E-state index < -0.39 is 0 Å². The van der Waals surface area contributed by atoms with Gasteiger partial charge in [0.1, 0.15) is 0 Å². The molecule has 28 heavy (non-hydrogen) atoms. The van der Waals surface area contributed by atoms with E-state index in [1.807, 2.05) is 26.2 Å². The molecule has 1 saturated heterocycles. The molecule has 1 aromatic heterocycles. The molecule has 1 unspecified atom stereocenters. The summed E-state index contributed by atoms with van der Waals surface area (Å²) in [5.74, 6) is -0.564. The highest BCUT2D eigenvalue weighted by molar-refractivity contribution is 7.12. The van der Waals surface area contributed by atoms with Crippen LogP contribution in [0.4, 0.5) is 5.69 Å². The first-order valence-corrected chi connectivity index (χ1v) is 10.2. The van der Waals surface area contributed by atoms with Gasteiger partial charge in [-0.3, -0.25) is 14.4 Å². The maximum absolute atomic E-state index is 12.6. The summed E-state index contributed by atoms with van der Waals surface area (Å²) in [6.07, 6.45) is 0.276. The van der Waals surface area contributed by atoms with E-state index in [-0.39, 0.29) is 35.7 Å². The zero-order valence-electron chi connectivity index (χ0n) is 15.9. The number of halogens is 1. The van der Waals surface area contributed by atoms with Gasteiger partial charge in [0.15, 0.2) is 0 Å². The van der Waals surface area contributed by atoms with Crippen LogP contribution in [0.3, 0.4) is 0 Å². The predicted octanol–water partition coefficient (Wildman–Crippen LogP) is 3.78. The second-order valence-electron chi connectivity index (χ2n) is 7.68.